The molecule has 2 N–H and O–H groups in total. The lowest BCUT2D eigenvalue weighted by Gasteiger charge is -2.31. The van der Waals surface area contributed by atoms with Gasteiger partial charge in [-0.05, 0) is 55.3 Å². The summed E-state index contributed by atoms with van der Waals surface area (Å²) in [5.41, 5.74) is 0.520. The highest BCUT2D eigenvalue weighted by Gasteiger charge is 2.26. The van der Waals surface area contributed by atoms with Gasteiger partial charge in [-0.1, -0.05) is 0 Å². The molecule has 0 atom stereocenters. The standard InChI is InChI=1S/C22H22N10O3S/c33-21(27-17-2-4-18(5-3-17)36(34,35)30-22-24-10-1-11-25-22)16-8-12-31(13-9-16)19-6-7-20(29-28-19)32-15-23-14-26-32/h1-7,10-11,14-16H,8-9,12-13H2,(H,27,33)(H,24,25,30). The number of benzene rings is 1. The summed E-state index contributed by atoms with van der Waals surface area (Å²) in [4.78, 5) is 26.5. The topological polar surface area (TPSA) is 161 Å². The van der Waals surface area contributed by atoms with Crippen molar-refractivity contribution in [2.24, 2.45) is 5.92 Å². The van der Waals surface area contributed by atoms with Gasteiger partial charge in [-0.25, -0.2) is 32.8 Å². The highest BCUT2D eigenvalue weighted by atomic mass is 32.2. The molecule has 1 saturated heterocycles. The first-order valence-electron chi connectivity index (χ1n) is 11.1. The van der Waals surface area contributed by atoms with Crippen LogP contribution in [0.4, 0.5) is 17.5 Å². The largest absolute Gasteiger partial charge is 0.355 e. The minimum atomic E-state index is -3.84. The zero-order valence-corrected chi connectivity index (χ0v) is 19.8. The van der Waals surface area contributed by atoms with E-state index in [0.717, 1.165) is 5.82 Å². The van der Waals surface area contributed by atoms with Gasteiger partial charge in [0.05, 0.1) is 4.90 Å². The number of hydrogen-bond donors (Lipinski definition) is 2. The van der Waals surface area contributed by atoms with E-state index in [-0.39, 0.29) is 22.7 Å². The van der Waals surface area contributed by atoms with Crippen LogP contribution in [-0.2, 0) is 14.8 Å². The summed E-state index contributed by atoms with van der Waals surface area (Å²) in [7, 11) is -3.84. The van der Waals surface area contributed by atoms with Crippen LogP contribution in [0.5, 0.6) is 0 Å². The fourth-order valence-electron chi connectivity index (χ4n) is 3.80. The van der Waals surface area contributed by atoms with Gasteiger partial charge < -0.3 is 10.2 Å². The second-order valence-corrected chi connectivity index (χ2v) is 9.73. The van der Waals surface area contributed by atoms with Crippen LogP contribution in [0.25, 0.3) is 5.82 Å². The molecule has 0 saturated carbocycles. The lowest BCUT2D eigenvalue weighted by molar-refractivity contribution is -0.120. The molecule has 14 heteroatoms. The Morgan fingerprint density at radius 1 is 0.944 bits per heavy atom. The quantitative estimate of drug-likeness (QED) is 0.376. The van der Waals surface area contributed by atoms with Gasteiger partial charge in [0.2, 0.25) is 11.9 Å². The van der Waals surface area contributed by atoms with Crippen LogP contribution in [0.1, 0.15) is 12.8 Å². The number of anilines is 3. The Labute approximate surface area is 206 Å². The molecule has 4 aromatic rings. The molecule has 36 heavy (non-hydrogen) atoms. The second kappa shape index (κ2) is 10.0. The molecule has 5 rings (SSSR count). The number of sulfonamides is 1. The molecule has 0 unspecified atom stereocenters. The van der Waals surface area contributed by atoms with E-state index < -0.39 is 10.0 Å². The van der Waals surface area contributed by atoms with Gasteiger partial charge in [0.1, 0.15) is 12.7 Å². The average Bonchev–Trinajstić information content (AvgIpc) is 3.45. The SMILES string of the molecule is O=C(Nc1ccc(S(=O)(=O)Nc2ncccn2)cc1)C1CCN(c2ccc(-n3cncn3)nn2)CC1. The smallest absolute Gasteiger partial charge is 0.264 e. The predicted molar refractivity (Wildman–Crippen MR) is 130 cm³/mol. The Balaban J connectivity index is 1.14. The van der Waals surface area contributed by atoms with Gasteiger partial charge in [-0.3, -0.25) is 4.79 Å². The van der Waals surface area contributed by atoms with Crippen LogP contribution >= 0.6 is 0 Å². The first-order valence-corrected chi connectivity index (χ1v) is 12.6. The van der Waals surface area contributed by atoms with Crippen molar-refractivity contribution in [3.8, 4) is 5.82 Å². The van der Waals surface area contributed by atoms with Gasteiger partial charge >= 0.3 is 0 Å². The lowest BCUT2D eigenvalue weighted by atomic mass is 9.96. The molecule has 1 aromatic carbocycles. The number of nitrogens with one attached hydrogen (secondary N) is 2. The Morgan fingerprint density at radius 2 is 1.64 bits per heavy atom. The lowest BCUT2D eigenvalue weighted by Crippen LogP contribution is -2.38. The highest BCUT2D eigenvalue weighted by Crippen LogP contribution is 2.24. The summed E-state index contributed by atoms with van der Waals surface area (Å²) < 4.78 is 28.9. The van der Waals surface area contributed by atoms with Crippen molar-refractivity contribution in [3.63, 3.8) is 0 Å². The first-order chi connectivity index (χ1) is 17.5. The zero-order valence-electron chi connectivity index (χ0n) is 19.0. The monoisotopic (exact) mass is 506 g/mol. The van der Waals surface area contributed by atoms with E-state index in [9.17, 15) is 13.2 Å². The molecule has 0 aliphatic carbocycles. The highest BCUT2D eigenvalue weighted by molar-refractivity contribution is 7.92. The summed E-state index contributed by atoms with van der Waals surface area (Å²) in [6, 6.07) is 11.2. The van der Waals surface area contributed by atoms with E-state index >= 15 is 0 Å². The van der Waals surface area contributed by atoms with Crippen LogP contribution in [-0.4, -0.2) is 62.3 Å². The third kappa shape index (κ3) is 5.27. The van der Waals surface area contributed by atoms with Gasteiger partial charge in [-0.2, -0.15) is 5.10 Å². The number of rotatable bonds is 7. The third-order valence-electron chi connectivity index (χ3n) is 5.70. The Kier molecular flexibility index (Phi) is 6.49. The Hall–Kier alpha value is -4.46. The molecule has 0 spiro atoms. The summed E-state index contributed by atoms with van der Waals surface area (Å²) in [6.45, 7) is 1.33. The van der Waals surface area contributed by atoms with Crippen LogP contribution in [0.15, 0.2) is 72.4 Å². The molecule has 1 aliphatic heterocycles. The Morgan fingerprint density at radius 3 is 2.28 bits per heavy atom. The zero-order chi connectivity index (χ0) is 25.0. The van der Waals surface area contributed by atoms with E-state index in [4.69, 9.17) is 0 Å². The molecular formula is C22H22N10O3S. The average molecular weight is 507 g/mol. The fourth-order valence-corrected chi connectivity index (χ4v) is 4.76. The molecule has 184 valence electrons. The molecule has 13 nitrogen and oxygen atoms in total. The summed E-state index contributed by atoms with van der Waals surface area (Å²) in [6.07, 6.45) is 7.18. The second-order valence-electron chi connectivity index (χ2n) is 8.04. The summed E-state index contributed by atoms with van der Waals surface area (Å²) >= 11 is 0. The van der Waals surface area contributed by atoms with Crippen LogP contribution in [0.2, 0.25) is 0 Å². The summed E-state index contributed by atoms with van der Waals surface area (Å²) in [5, 5.41) is 15.4. The number of aromatic nitrogens is 7. The van der Waals surface area contributed by atoms with Crippen molar-refractivity contribution in [1.82, 2.24) is 34.9 Å². The maximum Gasteiger partial charge on any atom is 0.264 e. The number of carbonyl (C=O) groups excluding carboxylic acids is 1. The maximum absolute atomic E-state index is 12.8. The molecule has 4 heterocycles. The van der Waals surface area contributed by atoms with E-state index in [1.54, 1.807) is 24.5 Å². The van der Waals surface area contributed by atoms with Crippen LogP contribution in [0, 0.1) is 5.92 Å². The Bertz CT molecular complexity index is 1410. The molecular weight excluding hydrogens is 484 g/mol. The third-order valence-corrected chi connectivity index (χ3v) is 7.05. The van der Waals surface area contributed by atoms with E-state index in [1.165, 1.54) is 35.5 Å². The minimum absolute atomic E-state index is 0.0154. The number of carbonyl (C=O) groups is 1. The van der Waals surface area contributed by atoms with Crippen molar-refractivity contribution >= 4 is 33.4 Å². The van der Waals surface area contributed by atoms with Crippen molar-refractivity contribution < 1.29 is 13.2 Å². The van der Waals surface area contributed by atoms with Gasteiger partial charge in [0.15, 0.2) is 11.6 Å². The van der Waals surface area contributed by atoms with Gasteiger partial charge in [0.25, 0.3) is 10.0 Å². The van der Waals surface area contributed by atoms with Crippen LogP contribution < -0.4 is 14.9 Å². The van der Waals surface area contributed by atoms with Gasteiger partial charge in [-0.15, -0.1) is 10.2 Å². The first kappa shape index (κ1) is 23.3. The van der Waals surface area contributed by atoms with Crippen molar-refractivity contribution in [1.29, 1.82) is 0 Å². The van der Waals surface area contributed by atoms with Crippen molar-refractivity contribution in [3.05, 3.63) is 67.5 Å². The fraction of sp³-hybridized carbons (Fsp3) is 0.227. The van der Waals surface area contributed by atoms with E-state index in [0.29, 0.717) is 37.4 Å². The van der Waals surface area contributed by atoms with Gasteiger partial charge in [0, 0.05) is 37.1 Å². The van der Waals surface area contributed by atoms with Crippen molar-refractivity contribution in [2.45, 2.75) is 17.7 Å². The molecule has 0 radical (unpaired) electrons. The number of nitrogens with zero attached hydrogens (tertiary/aromatic N) is 8. The predicted octanol–water partition coefficient (Wildman–Crippen LogP) is 1.50. The van der Waals surface area contributed by atoms with Crippen molar-refractivity contribution in [2.75, 3.05) is 28.0 Å². The molecule has 1 amide bonds. The summed E-state index contributed by atoms with van der Waals surface area (Å²) in [5.74, 6) is 1.04. The minimum Gasteiger partial charge on any atom is -0.355 e. The maximum atomic E-state index is 12.8. The van der Waals surface area contributed by atoms with E-state index in [1.807, 2.05) is 12.1 Å². The molecule has 1 fully saturated rings. The normalized spacial score (nSPS) is 14.4. The number of amides is 1. The molecule has 0 bridgehead atoms. The number of hydrogen-bond acceptors (Lipinski definition) is 10. The molecule has 3 aromatic heterocycles. The molecule has 1 aliphatic rings. The number of piperidine rings is 1. The van der Waals surface area contributed by atoms with E-state index in [2.05, 4.69) is 45.2 Å². The van der Waals surface area contributed by atoms with Crippen LogP contribution in [0.3, 0.4) is 0 Å².